The molecule has 5 heteroatoms. The third-order valence-corrected chi connectivity index (χ3v) is 2.01. The zero-order chi connectivity index (χ0) is 12.2. The molecule has 0 aliphatic heterocycles. The highest BCUT2D eigenvalue weighted by molar-refractivity contribution is 6.30. The number of rotatable bonds is 1. The molecular weight excluding hydrogens is 239 g/mol. The normalized spacial score (nSPS) is 10.8. The number of alkyl halides is 3. The van der Waals surface area contributed by atoms with Gasteiger partial charge in [-0.25, -0.2) is 0 Å². The van der Waals surface area contributed by atoms with E-state index in [1.165, 1.54) is 12.1 Å². The zero-order valence-corrected chi connectivity index (χ0v) is 9.21. The van der Waals surface area contributed by atoms with E-state index in [0.29, 0.717) is 6.54 Å². The number of halogens is 4. The van der Waals surface area contributed by atoms with Crippen molar-refractivity contribution in [3.05, 3.63) is 34.3 Å². The first kappa shape index (κ1) is 12.9. The maximum Gasteiger partial charge on any atom is 0.417 e. The molecule has 16 heavy (non-hydrogen) atoms. The largest absolute Gasteiger partial charge is 0.417 e. The van der Waals surface area contributed by atoms with Crippen molar-refractivity contribution < 1.29 is 13.2 Å². The molecule has 0 aliphatic rings. The molecule has 0 bridgehead atoms. The average molecular weight is 248 g/mol. The summed E-state index contributed by atoms with van der Waals surface area (Å²) >= 11 is 5.63. The van der Waals surface area contributed by atoms with E-state index >= 15 is 0 Å². The summed E-state index contributed by atoms with van der Waals surface area (Å²) < 4.78 is 37.7. The predicted octanol–water partition coefficient (Wildman–Crippen LogP) is 2.93. The SMILES string of the molecule is CNCC#Cc1cc(Cl)ccc1C(F)(F)F. The van der Waals surface area contributed by atoms with Gasteiger partial charge in [0.05, 0.1) is 12.1 Å². The molecule has 86 valence electrons. The van der Waals surface area contributed by atoms with Crippen LogP contribution in [0, 0.1) is 11.8 Å². The van der Waals surface area contributed by atoms with E-state index in [-0.39, 0.29) is 10.6 Å². The first-order valence-corrected chi connectivity index (χ1v) is 4.83. The molecular formula is C11H9ClF3N. The van der Waals surface area contributed by atoms with Gasteiger partial charge in [-0.1, -0.05) is 23.4 Å². The minimum absolute atomic E-state index is 0.102. The summed E-state index contributed by atoms with van der Waals surface area (Å²) in [7, 11) is 1.66. The van der Waals surface area contributed by atoms with Gasteiger partial charge in [0.1, 0.15) is 0 Å². The third-order valence-electron chi connectivity index (χ3n) is 1.78. The van der Waals surface area contributed by atoms with E-state index in [1.54, 1.807) is 7.05 Å². The molecule has 1 aromatic carbocycles. The molecule has 1 nitrogen and oxygen atoms in total. The van der Waals surface area contributed by atoms with E-state index in [0.717, 1.165) is 6.07 Å². The summed E-state index contributed by atoms with van der Waals surface area (Å²) in [5.41, 5.74) is -0.865. The van der Waals surface area contributed by atoms with Crippen molar-refractivity contribution >= 4 is 11.6 Å². The minimum atomic E-state index is -4.41. The first-order chi connectivity index (χ1) is 7.45. The van der Waals surface area contributed by atoms with Crippen LogP contribution < -0.4 is 5.32 Å². The Morgan fingerprint density at radius 3 is 2.62 bits per heavy atom. The Hall–Kier alpha value is -1.18. The first-order valence-electron chi connectivity index (χ1n) is 4.45. The maximum atomic E-state index is 12.6. The van der Waals surface area contributed by atoms with Crippen LogP contribution in [0.4, 0.5) is 13.2 Å². The van der Waals surface area contributed by atoms with E-state index in [9.17, 15) is 13.2 Å². The zero-order valence-electron chi connectivity index (χ0n) is 8.45. The van der Waals surface area contributed by atoms with Crippen LogP contribution in [0.5, 0.6) is 0 Å². The van der Waals surface area contributed by atoms with Crippen molar-refractivity contribution in [3.8, 4) is 11.8 Å². The fourth-order valence-corrected chi connectivity index (χ4v) is 1.27. The molecule has 0 saturated heterocycles. The lowest BCUT2D eigenvalue weighted by molar-refractivity contribution is -0.137. The molecule has 0 spiro atoms. The summed E-state index contributed by atoms with van der Waals surface area (Å²) in [4.78, 5) is 0. The standard InChI is InChI=1S/C11H9ClF3N/c1-16-6-2-3-8-7-9(12)4-5-10(8)11(13,14)15/h4-5,7,16H,6H2,1H3. The van der Waals surface area contributed by atoms with E-state index in [4.69, 9.17) is 11.6 Å². The van der Waals surface area contributed by atoms with Crippen LogP contribution >= 0.6 is 11.6 Å². The molecule has 0 saturated carbocycles. The molecule has 0 amide bonds. The highest BCUT2D eigenvalue weighted by atomic mass is 35.5. The van der Waals surface area contributed by atoms with Crippen molar-refractivity contribution in [2.75, 3.05) is 13.6 Å². The highest BCUT2D eigenvalue weighted by Crippen LogP contribution is 2.32. The van der Waals surface area contributed by atoms with E-state index < -0.39 is 11.7 Å². The van der Waals surface area contributed by atoms with Gasteiger partial charge in [-0.3, -0.25) is 0 Å². The third kappa shape index (κ3) is 3.44. The second kappa shape index (κ2) is 5.24. The number of benzene rings is 1. The number of hydrogen-bond donors (Lipinski definition) is 1. The van der Waals surface area contributed by atoms with Crippen molar-refractivity contribution in [1.29, 1.82) is 0 Å². The summed E-state index contributed by atoms with van der Waals surface area (Å²) in [6.07, 6.45) is -4.41. The van der Waals surface area contributed by atoms with Crippen LogP contribution in [0.1, 0.15) is 11.1 Å². The summed E-state index contributed by atoms with van der Waals surface area (Å²) in [5, 5.41) is 2.96. The number of nitrogens with one attached hydrogen (secondary N) is 1. The van der Waals surface area contributed by atoms with E-state index in [2.05, 4.69) is 17.2 Å². The highest BCUT2D eigenvalue weighted by Gasteiger charge is 2.32. The van der Waals surface area contributed by atoms with Gasteiger partial charge in [-0.05, 0) is 25.2 Å². The molecule has 0 atom stereocenters. The fraction of sp³-hybridized carbons (Fsp3) is 0.273. The Bertz CT molecular complexity index is 429. The van der Waals surface area contributed by atoms with Crippen molar-refractivity contribution in [2.24, 2.45) is 0 Å². The quantitative estimate of drug-likeness (QED) is 0.753. The molecule has 0 heterocycles. The van der Waals surface area contributed by atoms with Crippen LogP contribution in [0.25, 0.3) is 0 Å². The van der Waals surface area contributed by atoms with Gasteiger partial charge >= 0.3 is 6.18 Å². The molecule has 1 rings (SSSR count). The number of hydrogen-bond acceptors (Lipinski definition) is 1. The summed E-state index contributed by atoms with van der Waals surface area (Å²) in [5.74, 6) is 5.02. The topological polar surface area (TPSA) is 12.0 Å². The Labute approximate surface area is 96.6 Å². The minimum Gasteiger partial charge on any atom is -0.309 e. The van der Waals surface area contributed by atoms with Gasteiger partial charge in [-0.15, -0.1) is 0 Å². The van der Waals surface area contributed by atoms with E-state index in [1.807, 2.05) is 0 Å². The van der Waals surface area contributed by atoms with Crippen LogP contribution in [0.3, 0.4) is 0 Å². The lowest BCUT2D eigenvalue weighted by Crippen LogP contribution is -2.08. The van der Waals surface area contributed by atoms with Crippen molar-refractivity contribution in [1.82, 2.24) is 5.32 Å². The van der Waals surface area contributed by atoms with Gasteiger partial charge in [-0.2, -0.15) is 13.2 Å². The second-order valence-corrected chi connectivity index (χ2v) is 3.46. The molecule has 0 radical (unpaired) electrons. The molecule has 0 aromatic heterocycles. The monoisotopic (exact) mass is 247 g/mol. The van der Waals surface area contributed by atoms with Crippen LogP contribution in [0.15, 0.2) is 18.2 Å². The second-order valence-electron chi connectivity index (χ2n) is 3.02. The Morgan fingerprint density at radius 2 is 2.06 bits per heavy atom. The van der Waals surface area contributed by atoms with Crippen LogP contribution in [-0.2, 0) is 6.18 Å². The fourth-order valence-electron chi connectivity index (χ4n) is 1.09. The lowest BCUT2D eigenvalue weighted by atomic mass is 10.1. The molecule has 0 aliphatic carbocycles. The van der Waals surface area contributed by atoms with Crippen LogP contribution in [0.2, 0.25) is 5.02 Å². The lowest BCUT2D eigenvalue weighted by Gasteiger charge is -2.08. The van der Waals surface area contributed by atoms with Crippen molar-refractivity contribution in [2.45, 2.75) is 6.18 Å². The summed E-state index contributed by atoms with van der Waals surface area (Å²) in [6.45, 7) is 0.323. The Kier molecular flexibility index (Phi) is 4.22. The maximum absolute atomic E-state index is 12.6. The summed E-state index contributed by atoms with van der Waals surface area (Å²) in [6, 6.07) is 3.35. The predicted molar refractivity (Wildman–Crippen MR) is 57.3 cm³/mol. The van der Waals surface area contributed by atoms with Crippen LogP contribution in [-0.4, -0.2) is 13.6 Å². The van der Waals surface area contributed by atoms with Gasteiger partial charge in [0.2, 0.25) is 0 Å². The Balaban J connectivity index is 3.15. The molecule has 0 fully saturated rings. The van der Waals surface area contributed by atoms with Gasteiger partial charge in [0.15, 0.2) is 0 Å². The van der Waals surface area contributed by atoms with Gasteiger partial charge in [0, 0.05) is 10.6 Å². The molecule has 1 aromatic rings. The Morgan fingerprint density at radius 1 is 1.38 bits per heavy atom. The average Bonchev–Trinajstić information content (AvgIpc) is 2.16. The van der Waals surface area contributed by atoms with Gasteiger partial charge in [0.25, 0.3) is 0 Å². The molecule has 1 N–H and O–H groups in total. The smallest absolute Gasteiger partial charge is 0.309 e. The van der Waals surface area contributed by atoms with Gasteiger partial charge < -0.3 is 5.32 Å². The van der Waals surface area contributed by atoms with Crippen molar-refractivity contribution in [3.63, 3.8) is 0 Å². The molecule has 0 unspecified atom stereocenters.